The number of hydrogen-bond donors (Lipinski definition) is 2. The van der Waals surface area contributed by atoms with Crippen molar-refractivity contribution in [1.29, 1.82) is 0 Å². The number of aromatic nitrogens is 4. The lowest BCUT2D eigenvalue weighted by Crippen LogP contribution is -2.27. The van der Waals surface area contributed by atoms with Crippen molar-refractivity contribution in [3.63, 3.8) is 0 Å². The van der Waals surface area contributed by atoms with Crippen LogP contribution in [0.15, 0.2) is 29.5 Å². The fourth-order valence-electron chi connectivity index (χ4n) is 2.97. The van der Waals surface area contributed by atoms with E-state index >= 15 is 0 Å². The molecule has 0 bridgehead atoms. The summed E-state index contributed by atoms with van der Waals surface area (Å²) in [6, 6.07) is 3.42. The summed E-state index contributed by atoms with van der Waals surface area (Å²) in [6.07, 6.45) is 2.34. The van der Waals surface area contributed by atoms with Gasteiger partial charge >= 0.3 is 0 Å². The minimum Gasteiger partial charge on any atom is -0.372 e. The van der Waals surface area contributed by atoms with E-state index in [9.17, 15) is 9.90 Å². The summed E-state index contributed by atoms with van der Waals surface area (Å²) in [5.74, 6) is 0. The highest BCUT2D eigenvalue weighted by molar-refractivity contribution is 7.22. The monoisotopic (exact) mass is 423 g/mol. The predicted octanol–water partition coefficient (Wildman–Crippen LogP) is 3.39. The fraction of sp³-hybridized carbons (Fsp3) is 0.235. The average molecular weight is 424 g/mol. The standard InChI is InChI=1S/C17H15Cl2N5O2S/c1-8-5-23(2)16(26)15-14(8)20-7-24(15)6-13(25)22-17-21-11-3-9(18)10(19)4-12(11)27-17/h3-5,7,13,25H,6H2,1-2H3,(H,21,22). The van der Waals surface area contributed by atoms with Crippen molar-refractivity contribution >= 4 is 60.9 Å². The van der Waals surface area contributed by atoms with E-state index in [-0.39, 0.29) is 12.1 Å². The van der Waals surface area contributed by atoms with E-state index in [4.69, 9.17) is 23.2 Å². The summed E-state index contributed by atoms with van der Waals surface area (Å²) in [5.41, 5.74) is 2.52. The quantitative estimate of drug-likeness (QED) is 0.491. The van der Waals surface area contributed by atoms with E-state index in [1.807, 2.05) is 6.92 Å². The molecule has 10 heteroatoms. The summed E-state index contributed by atoms with van der Waals surface area (Å²) in [4.78, 5) is 21.2. The van der Waals surface area contributed by atoms with Crippen LogP contribution in [0.3, 0.4) is 0 Å². The van der Waals surface area contributed by atoms with Crippen LogP contribution in [0.2, 0.25) is 10.0 Å². The van der Waals surface area contributed by atoms with Crippen molar-refractivity contribution in [1.82, 2.24) is 19.1 Å². The highest BCUT2D eigenvalue weighted by Gasteiger charge is 2.15. The second kappa shape index (κ2) is 6.79. The maximum Gasteiger partial charge on any atom is 0.276 e. The molecule has 27 heavy (non-hydrogen) atoms. The second-order valence-corrected chi connectivity index (χ2v) is 8.08. The molecule has 0 aliphatic rings. The lowest BCUT2D eigenvalue weighted by atomic mass is 10.2. The molecule has 0 fully saturated rings. The van der Waals surface area contributed by atoms with E-state index in [2.05, 4.69) is 15.3 Å². The van der Waals surface area contributed by atoms with E-state index in [0.717, 1.165) is 10.3 Å². The molecule has 4 rings (SSSR count). The Bertz CT molecular complexity index is 1190. The summed E-state index contributed by atoms with van der Waals surface area (Å²) >= 11 is 13.4. The number of anilines is 1. The molecule has 0 amide bonds. The Labute approximate surface area is 167 Å². The molecule has 3 heterocycles. The Morgan fingerprint density at radius 2 is 2.07 bits per heavy atom. The van der Waals surface area contributed by atoms with Gasteiger partial charge in [-0.3, -0.25) is 4.79 Å². The Morgan fingerprint density at radius 3 is 2.85 bits per heavy atom. The molecule has 0 aliphatic heterocycles. The van der Waals surface area contributed by atoms with Crippen LogP contribution in [0, 0.1) is 6.92 Å². The topological polar surface area (TPSA) is 85.0 Å². The van der Waals surface area contributed by atoms with Gasteiger partial charge in [0.25, 0.3) is 5.56 Å². The van der Waals surface area contributed by atoms with Crippen LogP contribution < -0.4 is 10.9 Å². The zero-order valence-electron chi connectivity index (χ0n) is 14.4. The third-order valence-electron chi connectivity index (χ3n) is 4.21. The molecule has 1 aromatic carbocycles. The van der Waals surface area contributed by atoms with Crippen molar-refractivity contribution in [2.45, 2.75) is 19.7 Å². The fourth-order valence-corrected chi connectivity index (χ4v) is 4.29. The largest absolute Gasteiger partial charge is 0.372 e. The number of hydrogen-bond acceptors (Lipinski definition) is 6. The van der Waals surface area contributed by atoms with Gasteiger partial charge in [0.15, 0.2) is 5.13 Å². The van der Waals surface area contributed by atoms with Gasteiger partial charge in [-0.05, 0) is 24.6 Å². The van der Waals surface area contributed by atoms with Gasteiger partial charge in [0, 0.05) is 13.2 Å². The third-order valence-corrected chi connectivity index (χ3v) is 5.88. The summed E-state index contributed by atoms with van der Waals surface area (Å²) < 4.78 is 4.01. The number of aliphatic hydroxyl groups is 1. The summed E-state index contributed by atoms with van der Waals surface area (Å²) in [6.45, 7) is 2.04. The van der Waals surface area contributed by atoms with Crippen LogP contribution in [-0.4, -0.2) is 30.4 Å². The van der Waals surface area contributed by atoms with Crippen LogP contribution in [0.25, 0.3) is 21.3 Å². The predicted molar refractivity (Wildman–Crippen MR) is 109 cm³/mol. The van der Waals surface area contributed by atoms with Gasteiger partial charge in [0.2, 0.25) is 0 Å². The Hall–Kier alpha value is -2.13. The number of imidazole rings is 1. The number of thiazole rings is 1. The number of rotatable bonds is 4. The molecule has 2 N–H and O–H groups in total. The maximum absolute atomic E-state index is 12.4. The molecule has 0 aliphatic carbocycles. The number of nitrogens with zero attached hydrogens (tertiary/aromatic N) is 4. The van der Waals surface area contributed by atoms with Gasteiger partial charge in [0.05, 0.1) is 38.7 Å². The van der Waals surface area contributed by atoms with Gasteiger partial charge in [-0.2, -0.15) is 0 Å². The number of benzene rings is 1. The van der Waals surface area contributed by atoms with Gasteiger partial charge in [-0.15, -0.1) is 0 Å². The van der Waals surface area contributed by atoms with Gasteiger partial charge in [-0.25, -0.2) is 9.97 Å². The van der Waals surface area contributed by atoms with Crippen LogP contribution in [-0.2, 0) is 13.6 Å². The van der Waals surface area contributed by atoms with Gasteiger partial charge in [0.1, 0.15) is 11.7 Å². The zero-order chi connectivity index (χ0) is 19.3. The maximum atomic E-state index is 12.4. The molecule has 3 aromatic heterocycles. The third kappa shape index (κ3) is 3.29. The van der Waals surface area contributed by atoms with E-state index < -0.39 is 6.23 Å². The van der Waals surface area contributed by atoms with Crippen LogP contribution in [0.5, 0.6) is 0 Å². The lowest BCUT2D eigenvalue weighted by Gasteiger charge is -2.13. The van der Waals surface area contributed by atoms with Crippen molar-refractivity contribution in [2.24, 2.45) is 7.05 Å². The van der Waals surface area contributed by atoms with E-state index in [1.54, 1.807) is 36.3 Å². The number of pyridine rings is 1. The molecule has 7 nitrogen and oxygen atoms in total. The Balaban J connectivity index is 1.61. The Morgan fingerprint density at radius 1 is 1.33 bits per heavy atom. The van der Waals surface area contributed by atoms with Crippen LogP contribution in [0.4, 0.5) is 5.13 Å². The van der Waals surface area contributed by atoms with Crippen molar-refractivity contribution < 1.29 is 5.11 Å². The van der Waals surface area contributed by atoms with Crippen LogP contribution in [0.1, 0.15) is 5.56 Å². The summed E-state index contributed by atoms with van der Waals surface area (Å²) in [7, 11) is 1.69. The lowest BCUT2D eigenvalue weighted by molar-refractivity contribution is 0.183. The molecule has 0 saturated carbocycles. The Kier molecular flexibility index (Phi) is 4.59. The number of halogens is 2. The minimum atomic E-state index is -0.959. The summed E-state index contributed by atoms with van der Waals surface area (Å²) in [5, 5.41) is 14.8. The van der Waals surface area contributed by atoms with Gasteiger partial charge < -0.3 is 19.6 Å². The first-order valence-electron chi connectivity index (χ1n) is 8.04. The highest BCUT2D eigenvalue weighted by atomic mass is 35.5. The normalized spacial score (nSPS) is 12.8. The molecule has 1 unspecified atom stereocenters. The minimum absolute atomic E-state index is 0.145. The highest BCUT2D eigenvalue weighted by Crippen LogP contribution is 2.33. The van der Waals surface area contributed by atoms with E-state index in [0.29, 0.717) is 31.7 Å². The number of aryl methyl sites for hydroxylation is 2. The first-order valence-corrected chi connectivity index (χ1v) is 9.62. The van der Waals surface area contributed by atoms with E-state index in [1.165, 1.54) is 15.9 Å². The van der Waals surface area contributed by atoms with Crippen molar-refractivity contribution in [3.05, 3.63) is 50.6 Å². The molecule has 4 aromatic rings. The zero-order valence-corrected chi connectivity index (χ0v) is 16.7. The van der Waals surface area contributed by atoms with Crippen LogP contribution >= 0.6 is 34.5 Å². The molecular weight excluding hydrogens is 409 g/mol. The first-order chi connectivity index (χ1) is 12.8. The molecule has 0 saturated heterocycles. The molecule has 1 atom stereocenters. The molecular formula is C17H15Cl2N5O2S. The average Bonchev–Trinajstić information content (AvgIpc) is 3.17. The number of aliphatic hydroxyl groups excluding tert-OH is 1. The SMILES string of the molecule is Cc1cn(C)c(=O)c2c1ncn2CC(O)Nc1nc2cc(Cl)c(Cl)cc2s1. The van der Waals surface area contributed by atoms with Crippen molar-refractivity contribution in [2.75, 3.05) is 5.32 Å². The second-order valence-electron chi connectivity index (χ2n) is 6.24. The van der Waals surface area contributed by atoms with Crippen molar-refractivity contribution in [3.8, 4) is 0 Å². The first kappa shape index (κ1) is 18.2. The molecule has 140 valence electrons. The van der Waals surface area contributed by atoms with Gasteiger partial charge in [-0.1, -0.05) is 34.5 Å². The smallest absolute Gasteiger partial charge is 0.276 e. The number of fused-ring (bicyclic) bond motifs is 2. The molecule has 0 spiro atoms. The number of nitrogens with one attached hydrogen (secondary N) is 1. The molecule has 0 radical (unpaired) electrons.